The summed E-state index contributed by atoms with van der Waals surface area (Å²) in [4.78, 5) is 9.07. The van der Waals surface area contributed by atoms with Gasteiger partial charge in [0.2, 0.25) is 0 Å². The molecule has 0 fully saturated rings. The lowest BCUT2D eigenvalue weighted by Gasteiger charge is -2.22. The van der Waals surface area contributed by atoms with Crippen LogP contribution < -0.4 is 14.8 Å². The molecule has 0 bridgehead atoms. The molecule has 1 atom stereocenters. The zero-order chi connectivity index (χ0) is 22.2. The minimum absolute atomic E-state index is 0.102. The Morgan fingerprint density at radius 1 is 1.19 bits per heavy atom. The summed E-state index contributed by atoms with van der Waals surface area (Å²) in [5, 5.41) is 13.7. The van der Waals surface area contributed by atoms with Crippen molar-refractivity contribution in [2.45, 2.75) is 31.8 Å². The molecular formula is C22H24BrN7O2. The number of halogens is 1. The minimum Gasteiger partial charge on any atom is -0.497 e. The number of anilines is 1. The average Bonchev–Trinajstić information content (AvgIpc) is 3.36. The predicted octanol–water partition coefficient (Wildman–Crippen LogP) is 3.88. The highest BCUT2D eigenvalue weighted by atomic mass is 79.9. The number of hydrogen-bond acceptors (Lipinski definition) is 7. The second-order valence-corrected chi connectivity index (χ2v) is 8.55. The number of nitrogens with zero attached hydrogens (tertiary/aromatic N) is 6. The third-order valence-corrected chi connectivity index (χ3v) is 6.42. The molecule has 3 aromatic heterocycles. The van der Waals surface area contributed by atoms with Gasteiger partial charge in [-0.1, -0.05) is 0 Å². The zero-order valence-corrected chi connectivity index (χ0v) is 19.8. The number of hydrogen-bond donors (Lipinski definition) is 1. The summed E-state index contributed by atoms with van der Waals surface area (Å²) in [5.41, 5.74) is 4.14. The third kappa shape index (κ3) is 3.58. The van der Waals surface area contributed by atoms with Crippen LogP contribution in [0.1, 0.15) is 35.7 Å². The third-order valence-electron chi connectivity index (χ3n) is 5.87. The molecule has 1 aromatic carbocycles. The molecule has 5 rings (SSSR count). The topological polar surface area (TPSA) is 91.9 Å². The van der Waals surface area contributed by atoms with Gasteiger partial charge in [0.15, 0.2) is 5.65 Å². The van der Waals surface area contributed by atoms with Gasteiger partial charge in [-0.05, 0) is 47.3 Å². The Bertz CT molecular complexity index is 1280. The molecule has 0 spiro atoms. The first kappa shape index (κ1) is 20.7. The maximum absolute atomic E-state index is 5.52. The first-order valence-electron chi connectivity index (χ1n) is 10.4. The highest BCUT2D eigenvalue weighted by Gasteiger charge is 2.28. The van der Waals surface area contributed by atoms with Gasteiger partial charge in [-0.3, -0.25) is 4.68 Å². The summed E-state index contributed by atoms with van der Waals surface area (Å²) in [6.07, 6.45) is 6.74. The Hall–Kier alpha value is -3.14. The van der Waals surface area contributed by atoms with E-state index >= 15 is 0 Å². The maximum Gasteiger partial charge on any atom is 0.165 e. The van der Waals surface area contributed by atoms with Crippen molar-refractivity contribution in [3.8, 4) is 11.5 Å². The molecule has 0 radical (unpaired) electrons. The molecule has 9 nitrogen and oxygen atoms in total. The van der Waals surface area contributed by atoms with E-state index in [4.69, 9.17) is 14.6 Å². The molecule has 0 saturated heterocycles. The molecule has 4 aromatic rings. The summed E-state index contributed by atoms with van der Waals surface area (Å²) in [6.45, 7) is 0.535. The van der Waals surface area contributed by atoms with Crippen LogP contribution in [0, 0.1) is 0 Å². The van der Waals surface area contributed by atoms with Crippen LogP contribution in [0.3, 0.4) is 0 Å². The number of methoxy groups -OCH3 is 2. The largest absolute Gasteiger partial charge is 0.497 e. The molecule has 0 amide bonds. The van der Waals surface area contributed by atoms with Gasteiger partial charge in [0.05, 0.1) is 31.3 Å². The number of benzene rings is 1. The number of nitrogens with one attached hydrogen (secondary N) is 1. The van der Waals surface area contributed by atoms with Gasteiger partial charge < -0.3 is 14.8 Å². The minimum atomic E-state index is 0.102. The van der Waals surface area contributed by atoms with Gasteiger partial charge in [0, 0.05) is 37.0 Å². The molecule has 0 unspecified atom stereocenters. The molecule has 10 heteroatoms. The van der Waals surface area contributed by atoms with E-state index in [1.165, 1.54) is 5.56 Å². The molecule has 1 aliphatic carbocycles. The van der Waals surface area contributed by atoms with Crippen molar-refractivity contribution in [3.63, 3.8) is 0 Å². The van der Waals surface area contributed by atoms with Gasteiger partial charge in [-0.15, -0.1) is 0 Å². The fourth-order valence-corrected chi connectivity index (χ4v) is 4.89. The van der Waals surface area contributed by atoms with E-state index in [9.17, 15) is 0 Å². The summed E-state index contributed by atoms with van der Waals surface area (Å²) in [7, 11) is 5.25. The van der Waals surface area contributed by atoms with Crippen LogP contribution in [0.15, 0.2) is 35.3 Å². The Morgan fingerprint density at radius 3 is 2.88 bits per heavy atom. The van der Waals surface area contributed by atoms with Crippen molar-refractivity contribution in [1.82, 2.24) is 29.5 Å². The number of fused-ring (bicyclic) bond motifs is 2. The maximum atomic E-state index is 5.52. The quantitative estimate of drug-likeness (QED) is 0.432. The van der Waals surface area contributed by atoms with Gasteiger partial charge in [0.25, 0.3) is 0 Å². The Labute approximate surface area is 193 Å². The van der Waals surface area contributed by atoms with E-state index in [-0.39, 0.29) is 6.04 Å². The number of ether oxygens (including phenoxy) is 2. The smallest absolute Gasteiger partial charge is 0.165 e. The molecule has 0 aliphatic heterocycles. The lowest BCUT2D eigenvalue weighted by Crippen LogP contribution is -2.18. The fraction of sp³-hybridized carbons (Fsp3) is 0.364. The lowest BCUT2D eigenvalue weighted by molar-refractivity contribution is 0.391. The van der Waals surface area contributed by atoms with Crippen LogP contribution in [0.5, 0.6) is 11.5 Å². The van der Waals surface area contributed by atoms with Crippen LogP contribution in [0.25, 0.3) is 11.0 Å². The van der Waals surface area contributed by atoms with Gasteiger partial charge in [-0.25, -0.2) is 14.6 Å². The zero-order valence-electron chi connectivity index (χ0n) is 18.2. The van der Waals surface area contributed by atoms with Gasteiger partial charge in [-0.2, -0.15) is 10.2 Å². The van der Waals surface area contributed by atoms with Gasteiger partial charge in [0.1, 0.15) is 28.2 Å². The number of aromatic nitrogens is 6. The van der Waals surface area contributed by atoms with Crippen LogP contribution in [-0.2, 0) is 20.0 Å². The number of rotatable bonds is 6. The van der Waals surface area contributed by atoms with Crippen LogP contribution >= 0.6 is 15.9 Å². The van der Waals surface area contributed by atoms with Crippen LogP contribution in [0.2, 0.25) is 0 Å². The summed E-state index contributed by atoms with van der Waals surface area (Å²) in [5.74, 6) is 2.22. The summed E-state index contributed by atoms with van der Waals surface area (Å²) >= 11 is 3.64. The van der Waals surface area contributed by atoms with Crippen molar-refractivity contribution in [2.24, 2.45) is 7.05 Å². The molecular weight excluding hydrogens is 474 g/mol. The van der Waals surface area contributed by atoms with Crippen molar-refractivity contribution in [1.29, 1.82) is 0 Å². The molecule has 3 heterocycles. The Balaban J connectivity index is 1.49. The van der Waals surface area contributed by atoms with Crippen LogP contribution in [0.4, 0.5) is 5.82 Å². The van der Waals surface area contributed by atoms with E-state index in [0.29, 0.717) is 17.0 Å². The summed E-state index contributed by atoms with van der Waals surface area (Å²) < 4.78 is 15.4. The predicted molar refractivity (Wildman–Crippen MR) is 124 cm³/mol. The standard InChI is InChI=1S/C22H24BrN7O2/c1-29-11-15-16(27-29)5-4-6-17(15)30-22-19(20(23)28-30)21(25-12-26-22)24-10-13-7-8-14(31-2)9-18(13)32-3/h7-9,11-12,17H,4-6,10H2,1-3H3,(H,24,25,26)/t17-/m1/s1. The summed E-state index contributed by atoms with van der Waals surface area (Å²) in [6, 6.07) is 5.87. The first-order valence-corrected chi connectivity index (χ1v) is 11.2. The van der Waals surface area contributed by atoms with Crippen molar-refractivity contribution >= 4 is 32.8 Å². The second kappa shape index (κ2) is 8.42. The highest BCUT2D eigenvalue weighted by molar-refractivity contribution is 9.10. The highest BCUT2D eigenvalue weighted by Crippen LogP contribution is 2.37. The molecule has 166 valence electrons. The number of aryl methyl sites for hydroxylation is 2. The Kier molecular flexibility index (Phi) is 5.46. The van der Waals surface area contributed by atoms with Crippen molar-refractivity contribution in [2.75, 3.05) is 19.5 Å². The fourth-order valence-electron chi connectivity index (χ4n) is 4.36. The second-order valence-electron chi connectivity index (χ2n) is 7.80. The van der Waals surface area contributed by atoms with Crippen LogP contribution in [-0.4, -0.2) is 43.7 Å². The normalized spacial score (nSPS) is 15.6. The monoisotopic (exact) mass is 497 g/mol. The Morgan fingerprint density at radius 2 is 2.06 bits per heavy atom. The van der Waals surface area contributed by atoms with E-state index < -0.39 is 0 Å². The SMILES string of the molecule is COc1ccc(CNc2ncnc3c2c(Br)nn3[C@@H]2CCCc3nn(C)cc32)c(OC)c1. The van der Waals surface area contributed by atoms with E-state index in [1.54, 1.807) is 20.5 Å². The van der Waals surface area contributed by atoms with Gasteiger partial charge >= 0.3 is 0 Å². The van der Waals surface area contributed by atoms with E-state index in [1.807, 2.05) is 34.6 Å². The lowest BCUT2D eigenvalue weighted by atomic mass is 9.93. The molecule has 1 N–H and O–H groups in total. The van der Waals surface area contributed by atoms with E-state index in [2.05, 4.69) is 42.5 Å². The molecule has 32 heavy (non-hydrogen) atoms. The molecule has 1 aliphatic rings. The van der Waals surface area contributed by atoms with E-state index in [0.717, 1.165) is 53.1 Å². The average molecular weight is 498 g/mol. The van der Waals surface area contributed by atoms with Crippen molar-refractivity contribution in [3.05, 3.63) is 52.1 Å². The first-order chi connectivity index (χ1) is 15.6. The van der Waals surface area contributed by atoms with Crippen molar-refractivity contribution < 1.29 is 9.47 Å². The molecule has 0 saturated carbocycles.